The van der Waals surface area contributed by atoms with Crippen molar-refractivity contribution in [1.29, 1.82) is 0 Å². The Morgan fingerprint density at radius 1 is 0.615 bits per heavy atom. The van der Waals surface area contributed by atoms with Crippen molar-refractivity contribution in [2.75, 3.05) is 0 Å². The summed E-state index contributed by atoms with van der Waals surface area (Å²) in [7, 11) is 0. The quantitative estimate of drug-likeness (QED) is 0.152. The SMILES string of the molecule is CC1(C)c2ccccc2-c2c1cc(-c1ccc3c4ccccc4n(C4=CCCC=C4)c3c1)c1c3ccccc3n(-c3cccc(CN=C(/C=C(\N)C4=CCCC=C4)c4ccccc4)c3)c21. The van der Waals surface area contributed by atoms with Gasteiger partial charge in [-0.05, 0) is 119 Å². The van der Waals surface area contributed by atoms with Crippen LogP contribution in [0.4, 0.5) is 0 Å². The van der Waals surface area contributed by atoms with Gasteiger partial charge in [0.15, 0.2) is 0 Å². The molecule has 4 heteroatoms. The van der Waals surface area contributed by atoms with Crippen LogP contribution in [0.5, 0.6) is 0 Å². The van der Waals surface area contributed by atoms with Gasteiger partial charge in [0.05, 0.1) is 34.3 Å². The molecule has 0 atom stereocenters. The fraction of sp³-hybridized carbons (Fsp3) is 0.131. The summed E-state index contributed by atoms with van der Waals surface area (Å²) in [5.74, 6) is 0. The molecule has 3 aliphatic carbocycles. The Morgan fingerprint density at radius 3 is 2.14 bits per heavy atom. The van der Waals surface area contributed by atoms with E-state index in [0.717, 1.165) is 59.5 Å². The second kappa shape index (κ2) is 15.5. The van der Waals surface area contributed by atoms with Gasteiger partial charge >= 0.3 is 0 Å². The molecule has 2 N–H and O–H groups in total. The molecule has 0 saturated heterocycles. The molecule has 4 nitrogen and oxygen atoms in total. The fourth-order valence-electron chi connectivity index (χ4n) is 10.9. The number of para-hydroxylation sites is 2. The highest BCUT2D eigenvalue weighted by atomic mass is 15.0. The van der Waals surface area contributed by atoms with E-state index >= 15 is 0 Å². The van der Waals surface area contributed by atoms with E-state index in [1.54, 1.807) is 0 Å². The molecular formula is C61H50N4. The van der Waals surface area contributed by atoms with Crippen LogP contribution in [-0.4, -0.2) is 14.8 Å². The van der Waals surface area contributed by atoms with Gasteiger partial charge in [0.1, 0.15) is 0 Å². The molecule has 0 fully saturated rings. The molecule has 9 aromatic rings. The molecule has 7 aromatic carbocycles. The number of rotatable bonds is 8. The maximum Gasteiger partial charge on any atom is 0.0671 e. The topological polar surface area (TPSA) is 48.2 Å². The first-order valence-electron chi connectivity index (χ1n) is 23.1. The molecule has 0 radical (unpaired) electrons. The number of hydrogen-bond acceptors (Lipinski definition) is 2. The van der Waals surface area contributed by atoms with Gasteiger partial charge in [-0.3, -0.25) is 4.99 Å². The number of aromatic nitrogens is 2. The standard InChI is InChI=1S/C61H50N4/c1-61(2)51-30-15-12-28-48(51)59-52(61)37-50(43-33-34-47-46-27-13-16-31-55(46)64(57(47)36-43)44-24-10-5-11-25-44)58-49-29-14-17-32-56(49)65(60(58)59)45-26-18-19-40(35-45)39-63-54(42-22-8-4-9-23-42)38-53(62)41-20-6-3-7-21-41/h4,6,8-10,12-38H,3,5,7,11,39,62H2,1-2H3/b53-38-,63-54?. The van der Waals surface area contributed by atoms with Crippen LogP contribution in [0.1, 0.15) is 61.8 Å². The summed E-state index contributed by atoms with van der Waals surface area (Å²) in [6.07, 6.45) is 19.7. The normalized spacial score (nSPS) is 15.8. The van der Waals surface area contributed by atoms with Crippen LogP contribution in [0.25, 0.3) is 77.2 Å². The van der Waals surface area contributed by atoms with Crippen LogP contribution >= 0.6 is 0 Å². The molecule has 0 aliphatic heterocycles. The van der Waals surface area contributed by atoms with Crippen LogP contribution in [0.3, 0.4) is 0 Å². The van der Waals surface area contributed by atoms with Gasteiger partial charge in [-0.15, -0.1) is 0 Å². The maximum absolute atomic E-state index is 6.74. The Kier molecular flexibility index (Phi) is 9.31. The minimum absolute atomic E-state index is 0.212. The molecule has 3 aliphatic rings. The van der Waals surface area contributed by atoms with Crippen LogP contribution in [0, 0.1) is 0 Å². The number of allylic oxidation sites excluding steroid dienone is 8. The summed E-state index contributed by atoms with van der Waals surface area (Å²) >= 11 is 0. The average molecular weight is 839 g/mol. The van der Waals surface area contributed by atoms with Crippen molar-refractivity contribution >= 4 is 55.0 Å². The largest absolute Gasteiger partial charge is 0.398 e. The highest BCUT2D eigenvalue weighted by Crippen LogP contribution is 2.55. The summed E-state index contributed by atoms with van der Waals surface area (Å²) in [6, 6.07) is 55.9. The molecular weight excluding hydrogens is 789 g/mol. The first kappa shape index (κ1) is 38.9. The van der Waals surface area contributed by atoms with Crippen molar-refractivity contribution in [1.82, 2.24) is 9.13 Å². The zero-order valence-electron chi connectivity index (χ0n) is 36.9. The second-order valence-electron chi connectivity index (χ2n) is 18.3. The van der Waals surface area contributed by atoms with Crippen LogP contribution < -0.4 is 5.73 Å². The zero-order chi connectivity index (χ0) is 43.6. The minimum atomic E-state index is -0.212. The van der Waals surface area contributed by atoms with Gasteiger partial charge in [-0.2, -0.15) is 0 Å². The molecule has 65 heavy (non-hydrogen) atoms. The van der Waals surface area contributed by atoms with E-state index in [2.05, 4.69) is 205 Å². The van der Waals surface area contributed by atoms with Gasteiger partial charge in [-0.1, -0.05) is 159 Å². The molecule has 0 spiro atoms. The third-order valence-corrected chi connectivity index (χ3v) is 14.0. The van der Waals surface area contributed by atoms with Crippen molar-refractivity contribution < 1.29 is 0 Å². The molecule has 0 amide bonds. The average Bonchev–Trinajstić information content (AvgIpc) is 3.96. The van der Waals surface area contributed by atoms with E-state index < -0.39 is 0 Å². The lowest BCUT2D eigenvalue weighted by Gasteiger charge is -2.23. The number of hydrogen-bond donors (Lipinski definition) is 1. The minimum Gasteiger partial charge on any atom is -0.398 e. The van der Waals surface area contributed by atoms with E-state index in [9.17, 15) is 0 Å². The Labute approximate surface area is 380 Å². The van der Waals surface area contributed by atoms with Gasteiger partial charge in [-0.25, -0.2) is 0 Å². The van der Waals surface area contributed by atoms with Gasteiger partial charge in [0, 0.05) is 49.6 Å². The number of nitrogens with two attached hydrogens (primary N) is 1. The van der Waals surface area contributed by atoms with E-state index in [0.29, 0.717) is 6.54 Å². The fourth-order valence-corrected chi connectivity index (χ4v) is 10.9. The van der Waals surface area contributed by atoms with Crippen LogP contribution in [0.15, 0.2) is 210 Å². The van der Waals surface area contributed by atoms with Crippen molar-refractivity contribution in [3.63, 3.8) is 0 Å². The number of nitrogens with zero attached hydrogens (tertiary/aromatic N) is 3. The molecule has 12 rings (SSSR count). The summed E-state index contributed by atoms with van der Waals surface area (Å²) in [5, 5.41) is 5.06. The molecule has 0 saturated carbocycles. The maximum atomic E-state index is 6.74. The van der Waals surface area contributed by atoms with Gasteiger partial charge in [0.2, 0.25) is 0 Å². The smallest absolute Gasteiger partial charge is 0.0671 e. The lowest BCUT2D eigenvalue weighted by atomic mass is 9.81. The number of aliphatic imine (C=N–C) groups is 1. The van der Waals surface area contributed by atoms with E-state index in [-0.39, 0.29) is 5.41 Å². The van der Waals surface area contributed by atoms with E-state index in [1.165, 1.54) is 82.7 Å². The zero-order valence-corrected chi connectivity index (χ0v) is 36.9. The first-order chi connectivity index (χ1) is 31.9. The predicted molar refractivity (Wildman–Crippen MR) is 275 cm³/mol. The van der Waals surface area contributed by atoms with Gasteiger partial charge in [0.25, 0.3) is 0 Å². The number of benzene rings is 7. The predicted octanol–water partition coefficient (Wildman–Crippen LogP) is 15.2. The summed E-state index contributed by atoms with van der Waals surface area (Å²) in [6.45, 7) is 5.30. The first-order valence-corrected chi connectivity index (χ1v) is 23.1. The Bertz CT molecular complexity index is 3600. The molecule has 0 unspecified atom stereocenters. The monoisotopic (exact) mass is 838 g/mol. The Balaban J connectivity index is 1.08. The lowest BCUT2D eigenvalue weighted by molar-refractivity contribution is 0.661. The Hall–Kier alpha value is -7.69. The number of fused-ring (bicyclic) bond motifs is 10. The lowest BCUT2D eigenvalue weighted by Crippen LogP contribution is -2.15. The third-order valence-electron chi connectivity index (χ3n) is 14.0. The highest BCUT2D eigenvalue weighted by Gasteiger charge is 2.39. The molecule has 2 heterocycles. The highest BCUT2D eigenvalue weighted by molar-refractivity contribution is 6.22. The Morgan fingerprint density at radius 2 is 1.34 bits per heavy atom. The molecule has 0 bridgehead atoms. The third kappa shape index (κ3) is 6.38. The molecule has 2 aromatic heterocycles. The van der Waals surface area contributed by atoms with Crippen molar-refractivity contribution in [2.24, 2.45) is 10.7 Å². The summed E-state index contributed by atoms with van der Waals surface area (Å²) in [5.41, 5.74) is 26.4. The van der Waals surface area contributed by atoms with Crippen LogP contribution in [-0.2, 0) is 12.0 Å². The van der Waals surface area contributed by atoms with Crippen LogP contribution in [0.2, 0.25) is 0 Å². The van der Waals surface area contributed by atoms with Gasteiger partial charge < -0.3 is 14.9 Å². The van der Waals surface area contributed by atoms with E-state index in [1.807, 2.05) is 12.1 Å². The van der Waals surface area contributed by atoms with Crippen molar-refractivity contribution in [3.05, 3.63) is 228 Å². The molecule has 314 valence electrons. The van der Waals surface area contributed by atoms with Crippen molar-refractivity contribution in [2.45, 2.75) is 51.5 Å². The van der Waals surface area contributed by atoms with E-state index in [4.69, 9.17) is 10.7 Å². The summed E-state index contributed by atoms with van der Waals surface area (Å²) in [4.78, 5) is 5.28. The summed E-state index contributed by atoms with van der Waals surface area (Å²) < 4.78 is 5.01. The second-order valence-corrected chi connectivity index (χ2v) is 18.3. The van der Waals surface area contributed by atoms with Crippen molar-refractivity contribution in [3.8, 4) is 27.9 Å².